The molecule has 0 radical (unpaired) electrons. The molecule has 1 rings (SSSR count). The van der Waals surface area contributed by atoms with Crippen LogP contribution in [0.2, 0.25) is 0 Å². The zero-order valence-electron chi connectivity index (χ0n) is 11.9. The van der Waals surface area contributed by atoms with Crippen molar-refractivity contribution in [1.29, 1.82) is 0 Å². The number of alkyl halides is 4. The normalized spacial score (nSPS) is 12.5. The van der Waals surface area contributed by atoms with Gasteiger partial charge in [-0.05, 0) is 25.0 Å². The molecule has 0 amide bonds. The Kier molecular flexibility index (Phi) is 6.64. The molecule has 136 valence electrons. The third kappa shape index (κ3) is 5.11. The summed E-state index contributed by atoms with van der Waals surface area (Å²) in [5, 5.41) is -5.17. The third-order valence-corrected chi connectivity index (χ3v) is 3.67. The number of rotatable bonds is 8. The van der Waals surface area contributed by atoms with Crippen LogP contribution >= 0.6 is 0 Å². The fourth-order valence-corrected chi connectivity index (χ4v) is 2.03. The average molecular weight is 378 g/mol. The molecule has 0 atom stereocenters. The highest BCUT2D eigenvalue weighted by Gasteiger charge is 2.58. The van der Waals surface area contributed by atoms with Gasteiger partial charge in [0.15, 0.2) is 0 Å². The van der Waals surface area contributed by atoms with Crippen LogP contribution in [0.4, 0.5) is 26.3 Å². The van der Waals surface area contributed by atoms with Crippen LogP contribution in [-0.2, 0) is 15.4 Å². The van der Waals surface area contributed by atoms with Gasteiger partial charge < -0.3 is 4.74 Å². The number of benzene rings is 1. The van der Waals surface area contributed by atoms with E-state index in [4.69, 9.17) is 0 Å². The second-order valence-electron chi connectivity index (χ2n) is 4.75. The van der Waals surface area contributed by atoms with Crippen molar-refractivity contribution in [3.05, 3.63) is 35.4 Å². The number of hydrogen-bond acceptors (Lipinski definition) is 4. The second kappa shape index (κ2) is 7.86. The maximum Gasteiger partial charge on any atom is 0.404 e. The molecule has 11 heteroatoms. The van der Waals surface area contributed by atoms with Gasteiger partial charge in [-0.2, -0.15) is 17.6 Å². The van der Waals surface area contributed by atoms with Gasteiger partial charge in [-0.1, -0.05) is 0 Å². The standard InChI is InChI=1S/C13H12F6O4S/c14-9-5-8(6-10(15)7-9)11(20)23-4-2-1-3-12(16,17)13(18,19)24(21)22/h5-7,24H,1-4H2. The summed E-state index contributed by atoms with van der Waals surface area (Å²) >= 11 is 0. The van der Waals surface area contributed by atoms with E-state index in [9.17, 15) is 39.6 Å². The number of carbonyl (C=O) groups is 1. The number of hydrogen-bond donors (Lipinski definition) is 1. The number of esters is 1. The van der Waals surface area contributed by atoms with Gasteiger partial charge in [0.1, 0.15) is 11.6 Å². The van der Waals surface area contributed by atoms with Crippen LogP contribution in [0, 0.1) is 11.6 Å². The minimum atomic E-state index is -5.17. The fraction of sp³-hybridized carbons (Fsp3) is 0.462. The summed E-state index contributed by atoms with van der Waals surface area (Å²) in [6, 6.07) is 1.93. The Morgan fingerprint density at radius 2 is 1.54 bits per heavy atom. The van der Waals surface area contributed by atoms with Crippen molar-refractivity contribution >= 4 is 16.7 Å². The molecule has 4 nitrogen and oxygen atoms in total. The van der Waals surface area contributed by atoms with E-state index in [1.165, 1.54) is 0 Å². The molecule has 1 aromatic carbocycles. The summed E-state index contributed by atoms with van der Waals surface area (Å²) in [6.45, 7) is -0.470. The van der Waals surface area contributed by atoms with Crippen LogP contribution in [0.5, 0.6) is 0 Å². The van der Waals surface area contributed by atoms with Crippen molar-refractivity contribution in [2.45, 2.75) is 30.4 Å². The minimum Gasteiger partial charge on any atom is -0.462 e. The number of unbranched alkanes of at least 4 members (excludes halogenated alkanes) is 1. The minimum absolute atomic E-state index is 0.273. The van der Waals surface area contributed by atoms with E-state index in [0.717, 1.165) is 0 Å². The van der Waals surface area contributed by atoms with Crippen molar-refractivity contribution in [1.82, 2.24) is 0 Å². The summed E-state index contributed by atoms with van der Waals surface area (Å²) in [6.07, 6.45) is -2.27. The molecule has 0 aliphatic heterocycles. The highest BCUT2D eigenvalue weighted by Crippen LogP contribution is 2.38. The largest absolute Gasteiger partial charge is 0.462 e. The molecule has 24 heavy (non-hydrogen) atoms. The maximum atomic E-state index is 13.1. The smallest absolute Gasteiger partial charge is 0.404 e. The van der Waals surface area contributed by atoms with Crippen LogP contribution < -0.4 is 0 Å². The Morgan fingerprint density at radius 3 is 2.04 bits per heavy atom. The first-order valence-electron chi connectivity index (χ1n) is 6.51. The molecule has 0 bridgehead atoms. The van der Waals surface area contributed by atoms with E-state index < -0.39 is 64.5 Å². The van der Waals surface area contributed by atoms with E-state index in [2.05, 4.69) is 4.74 Å². The van der Waals surface area contributed by atoms with E-state index >= 15 is 0 Å². The van der Waals surface area contributed by atoms with Crippen molar-refractivity contribution in [3.63, 3.8) is 0 Å². The number of carbonyl (C=O) groups excluding carboxylic acids is 1. The average Bonchev–Trinajstić information content (AvgIpc) is 2.45. The SMILES string of the molecule is O=C(OCCCCC(F)(F)C(F)(F)[SH](=O)=O)c1cc(F)cc(F)c1. The Bertz CT molecular complexity index is 646. The lowest BCUT2D eigenvalue weighted by atomic mass is 10.1. The van der Waals surface area contributed by atoms with Gasteiger partial charge in [0.2, 0.25) is 10.7 Å². The summed E-state index contributed by atoms with van der Waals surface area (Å²) in [4.78, 5) is 11.5. The lowest BCUT2D eigenvalue weighted by Gasteiger charge is -2.21. The highest BCUT2D eigenvalue weighted by molar-refractivity contribution is 7.73. The van der Waals surface area contributed by atoms with Crippen LogP contribution in [0.15, 0.2) is 18.2 Å². The molecule has 0 saturated heterocycles. The molecule has 0 aromatic heterocycles. The Balaban J connectivity index is 2.45. The molecule has 0 N–H and O–H groups in total. The van der Waals surface area contributed by atoms with Crippen molar-refractivity contribution in [2.75, 3.05) is 6.61 Å². The lowest BCUT2D eigenvalue weighted by Crippen LogP contribution is -2.41. The molecular weight excluding hydrogens is 366 g/mol. The number of ether oxygens (including phenoxy) is 1. The molecule has 0 aliphatic rings. The first-order valence-corrected chi connectivity index (χ1v) is 7.68. The van der Waals surface area contributed by atoms with Gasteiger partial charge >= 0.3 is 17.1 Å². The summed E-state index contributed by atoms with van der Waals surface area (Å²) in [5.74, 6) is -7.91. The second-order valence-corrected chi connectivity index (χ2v) is 5.83. The highest BCUT2D eigenvalue weighted by atomic mass is 32.2. The van der Waals surface area contributed by atoms with E-state index in [1.54, 1.807) is 0 Å². The predicted molar refractivity (Wildman–Crippen MR) is 70.7 cm³/mol. The van der Waals surface area contributed by atoms with Gasteiger partial charge in [0.05, 0.1) is 12.2 Å². The van der Waals surface area contributed by atoms with Gasteiger partial charge in [-0.3, -0.25) is 0 Å². The van der Waals surface area contributed by atoms with Crippen molar-refractivity contribution in [3.8, 4) is 0 Å². The zero-order valence-corrected chi connectivity index (χ0v) is 12.8. The molecule has 1 aromatic rings. The van der Waals surface area contributed by atoms with Crippen LogP contribution in [0.25, 0.3) is 0 Å². The molecular formula is C13H12F6O4S. The van der Waals surface area contributed by atoms with Crippen molar-refractivity contribution in [2.24, 2.45) is 0 Å². The predicted octanol–water partition coefficient (Wildman–Crippen LogP) is 3.13. The van der Waals surface area contributed by atoms with Gasteiger partial charge in [-0.25, -0.2) is 22.0 Å². The maximum absolute atomic E-state index is 13.1. The van der Waals surface area contributed by atoms with Crippen LogP contribution in [-0.4, -0.2) is 32.2 Å². The molecule has 0 heterocycles. The van der Waals surface area contributed by atoms with Crippen LogP contribution in [0.1, 0.15) is 29.6 Å². The molecule has 0 saturated carbocycles. The Labute approximate surface area is 134 Å². The van der Waals surface area contributed by atoms with E-state index in [1.807, 2.05) is 0 Å². The monoisotopic (exact) mass is 378 g/mol. The number of halogens is 6. The summed E-state index contributed by atoms with van der Waals surface area (Å²) in [7, 11) is -4.64. The van der Waals surface area contributed by atoms with Crippen molar-refractivity contribution < 1.29 is 44.3 Å². The molecule has 0 aliphatic carbocycles. The molecule has 0 fully saturated rings. The van der Waals surface area contributed by atoms with Gasteiger partial charge in [0.25, 0.3) is 0 Å². The topological polar surface area (TPSA) is 60.4 Å². The first-order chi connectivity index (χ1) is 11.0. The van der Waals surface area contributed by atoms with Gasteiger partial charge in [-0.15, -0.1) is 0 Å². The van der Waals surface area contributed by atoms with Crippen LogP contribution in [0.3, 0.4) is 0 Å². The Morgan fingerprint density at radius 1 is 1.00 bits per heavy atom. The third-order valence-electron chi connectivity index (χ3n) is 2.89. The van der Waals surface area contributed by atoms with E-state index in [0.29, 0.717) is 18.2 Å². The summed E-state index contributed by atoms with van der Waals surface area (Å²) < 4.78 is 102. The molecule has 0 spiro atoms. The fourth-order valence-electron chi connectivity index (χ4n) is 1.65. The zero-order chi connectivity index (χ0) is 18.5. The van der Waals surface area contributed by atoms with Gasteiger partial charge in [0, 0.05) is 12.5 Å². The lowest BCUT2D eigenvalue weighted by molar-refractivity contribution is -0.159. The van der Waals surface area contributed by atoms with E-state index in [-0.39, 0.29) is 6.42 Å². The number of thiol groups is 1. The summed E-state index contributed by atoms with van der Waals surface area (Å²) in [5.41, 5.74) is -0.437. The molecule has 0 unspecified atom stereocenters. The first kappa shape index (κ1) is 20.3. The Hall–Kier alpha value is -1.78. The quantitative estimate of drug-likeness (QED) is 0.327.